The Kier molecular flexibility index (Phi) is 13.5. The van der Waals surface area contributed by atoms with E-state index in [0.717, 1.165) is 30.6 Å². The van der Waals surface area contributed by atoms with E-state index in [1.165, 1.54) is 68.9 Å². The molecule has 2 aromatic carbocycles. The van der Waals surface area contributed by atoms with Crippen LogP contribution in [0.1, 0.15) is 108 Å². The molecule has 176 valence electrons. The summed E-state index contributed by atoms with van der Waals surface area (Å²) in [5, 5.41) is 0. The summed E-state index contributed by atoms with van der Waals surface area (Å²) in [6.45, 7) is 5.01. The third-order valence-electron chi connectivity index (χ3n) is 5.97. The summed E-state index contributed by atoms with van der Waals surface area (Å²) in [7, 11) is 0. The van der Waals surface area contributed by atoms with Crippen LogP contribution in [-0.4, -0.2) is 0 Å². The minimum Gasteiger partial charge on any atom is -0.489 e. The van der Waals surface area contributed by atoms with E-state index in [4.69, 9.17) is 4.74 Å². The summed E-state index contributed by atoms with van der Waals surface area (Å²) < 4.78 is 20.0. The Morgan fingerprint density at radius 1 is 0.688 bits per heavy atom. The normalized spacial score (nSPS) is 11.7. The maximum atomic E-state index is 14.1. The fourth-order valence-corrected chi connectivity index (χ4v) is 3.89. The van der Waals surface area contributed by atoms with Crippen LogP contribution in [-0.2, 0) is 13.0 Å². The first-order valence-corrected chi connectivity index (χ1v) is 12.9. The molecule has 0 saturated heterocycles. The monoisotopic (exact) mass is 438 g/mol. The zero-order valence-electron chi connectivity index (χ0n) is 20.4. The predicted octanol–water partition coefficient (Wildman–Crippen LogP) is 9.84. The second-order valence-electron chi connectivity index (χ2n) is 8.95. The summed E-state index contributed by atoms with van der Waals surface area (Å²) in [5.41, 5.74) is 3.48. The van der Waals surface area contributed by atoms with Crippen molar-refractivity contribution in [3.8, 4) is 5.75 Å². The third kappa shape index (κ3) is 11.5. The molecule has 0 aliphatic rings. The molecule has 2 aromatic rings. The summed E-state index contributed by atoms with van der Waals surface area (Å²) in [6, 6.07) is 16.5. The van der Waals surface area contributed by atoms with Gasteiger partial charge in [-0.2, -0.15) is 0 Å². The van der Waals surface area contributed by atoms with E-state index >= 15 is 0 Å². The molecule has 0 aromatic heterocycles. The highest BCUT2D eigenvalue weighted by atomic mass is 19.1. The second kappa shape index (κ2) is 16.5. The Morgan fingerprint density at radius 3 is 1.91 bits per heavy atom. The maximum Gasteiger partial charge on any atom is 0.119 e. The zero-order valence-corrected chi connectivity index (χ0v) is 20.4. The molecule has 0 fully saturated rings. The molecule has 0 amide bonds. The molecule has 0 aliphatic carbocycles. The van der Waals surface area contributed by atoms with Gasteiger partial charge in [0.15, 0.2) is 0 Å². The van der Waals surface area contributed by atoms with E-state index in [1.807, 2.05) is 24.3 Å². The van der Waals surface area contributed by atoms with Gasteiger partial charge >= 0.3 is 0 Å². The van der Waals surface area contributed by atoms with Gasteiger partial charge < -0.3 is 4.74 Å². The quantitative estimate of drug-likeness (QED) is 0.223. The van der Waals surface area contributed by atoms with E-state index in [9.17, 15) is 4.39 Å². The molecule has 0 N–H and O–H groups in total. The highest BCUT2D eigenvalue weighted by Crippen LogP contribution is 2.19. The number of ether oxygens (including phenoxy) is 1. The maximum absolute atomic E-state index is 14.1. The molecule has 32 heavy (non-hydrogen) atoms. The van der Waals surface area contributed by atoms with Gasteiger partial charge in [-0.3, -0.25) is 0 Å². The molecule has 2 rings (SSSR count). The number of hydrogen-bond donors (Lipinski definition) is 0. The van der Waals surface area contributed by atoms with Gasteiger partial charge in [-0.25, -0.2) is 4.39 Å². The lowest BCUT2D eigenvalue weighted by Crippen LogP contribution is -1.96. The first kappa shape index (κ1) is 26.2. The Hall–Kier alpha value is -2.09. The van der Waals surface area contributed by atoms with Gasteiger partial charge in [-0.15, -0.1) is 0 Å². The average molecular weight is 439 g/mol. The number of allylic oxidation sites excluding steroid dienone is 1. The van der Waals surface area contributed by atoms with Crippen LogP contribution < -0.4 is 4.74 Å². The molecular weight excluding hydrogens is 395 g/mol. The van der Waals surface area contributed by atoms with E-state index in [0.29, 0.717) is 13.0 Å². The van der Waals surface area contributed by atoms with Crippen molar-refractivity contribution in [2.24, 2.45) is 0 Å². The number of rotatable bonds is 17. The Morgan fingerprint density at radius 2 is 1.25 bits per heavy atom. The van der Waals surface area contributed by atoms with Gasteiger partial charge in [-0.1, -0.05) is 108 Å². The van der Waals surface area contributed by atoms with Gasteiger partial charge in [0.1, 0.15) is 18.2 Å². The number of unbranched alkanes of at least 4 members (excludes halogenated alkanes) is 9. The van der Waals surface area contributed by atoms with Crippen LogP contribution in [0.15, 0.2) is 54.4 Å². The standard InChI is InChI=1S/C30H43FO/c1-3-5-7-9-11-12-14-26-16-18-28(19-17-26)25-32-30-22-20-27(21-23-30)24-29(31)15-13-10-8-6-4-2/h16-24H,3-15,25H2,1-2H3/b29-24+. The van der Waals surface area contributed by atoms with Crippen molar-refractivity contribution in [2.45, 2.75) is 104 Å². The van der Waals surface area contributed by atoms with Crippen molar-refractivity contribution in [1.29, 1.82) is 0 Å². The molecule has 0 atom stereocenters. The van der Waals surface area contributed by atoms with Gasteiger partial charge in [0.2, 0.25) is 0 Å². The number of halogens is 1. The molecule has 0 spiro atoms. The summed E-state index contributed by atoms with van der Waals surface area (Å²) in [5.74, 6) is 0.787. The topological polar surface area (TPSA) is 9.23 Å². The van der Waals surface area contributed by atoms with Crippen molar-refractivity contribution in [3.63, 3.8) is 0 Å². The fourth-order valence-electron chi connectivity index (χ4n) is 3.89. The highest BCUT2D eigenvalue weighted by molar-refractivity contribution is 5.52. The lowest BCUT2D eigenvalue weighted by molar-refractivity contribution is 0.306. The van der Waals surface area contributed by atoms with Crippen LogP contribution >= 0.6 is 0 Å². The molecule has 0 unspecified atom stereocenters. The molecule has 0 saturated carbocycles. The third-order valence-corrected chi connectivity index (χ3v) is 5.97. The number of benzene rings is 2. The molecule has 2 heteroatoms. The molecule has 0 bridgehead atoms. The Labute approximate surface area is 196 Å². The molecule has 0 heterocycles. The van der Waals surface area contributed by atoms with Gasteiger partial charge in [0.25, 0.3) is 0 Å². The number of aryl methyl sites for hydroxylation is 1. The van der Waals surface area contributed by atoms with Crippen molar-refractivity contribution < 1.29 is 9.13 Å². The predicted molar refractivity (Wildman–Crippen MR) is 137 cm³/mol. The average Bonchev–Trinajstić information content (AvgIpc) is 2.81. The van der Waals surface area contributed by atoms with E-state index < -0.39 is 0 Å². The van der Waals surface area contributed by atoms with Crippen LogP contribution in [0.3, 0.4) is 0 Å². The van der Waals surface area contributed by atoms with Crippen molar-refractivity contribution >= 4 is 6.08 Å². The Balaban J connectivity index is 1.68. The first-order chi connectivity index (χ1) is 15.7. The largest absolute Gasteiger partial charge is 0.489 e. The summed E-state index contributed by atoms with van der Waals surface area (Å²) in [4.78, 5) is 0. The Bertz CT molecular complexity index is 745. The second-order valence-corrected chi connectivity index (χ2v) is 8.95. The van der Waals surface area contributed by atoms with E-state index in [1.54, 1.807) is 6.08 Å². The van der Waals surface area contributed by atoms with Gasteiger partial charge in [0.05, 0.1) is 0 Å². The van der Waals surface area contributed by atoms with Crippen molar-refractivity contribution in [3.05, 3.63) is 71.0 Å². The van der Waals surface area contributed by atoms with Crippen LogP contribution in [0.2, 0.25) is 0 Å². The van der Waals surface area contributed by atoms with Crippen molar-refractivity contribution in [2.75, 3.05) is 0 Å². The summed E-state index contributed by atoms with van der Waals surface area (Å²) >= 11 is 0. The molecule has 0 aliphatic heterocycles. The summed E-state index contributed by atoms with van der Waals surface area (Å²) in [6.07, 6.45) is 17.1. The van der Waals surface area contributed by atoms with E-state index in [-0.39, 0.29) is 5.83 Å². The van der Waals surface area contributed by atoms with Crippen LogP contribution in [0.5, 0.6) is 5.75 Å². The molecule has 0 radical (unpaired) electrons. The molecular formula is C30H43FO. The fraction of sp³-hybridized carbons (Fsp3) is 0.533. The zero-order chi connectivity index (χ0) is 22.9. The van der Waals surface area contributed by atoms with Gasteiger partial charge in [0, 0.05) is 0 Å². The van der Waals surface area contributed by atoms with Crippen LogP contribution in [0.4, 0.5) is 4.39 Å². The first-order valence-electron chi connectivity index (χ1n) is 12.9. The number of hydrogen-bond acceptors (Lipinski definition) is 1. The SMILES string of the molecule is CCCCCCCCc1ccc(COc2ccc(/C=C(/F)CCCCCCC)cc2)cc1. The minimum atomic E-state index is -0.0313. The molecule has 1 nitrogen and oxygen atoms in total. The highest BCUT2D eigenvalue weighted by Gasteiger charge is 2.01. The minimum absolute atomic E-state index is 0.0313. The van der Waals surface area contributed by atoms with E-state index in [2.05, 4.69) is 38.1 Å². The van der Waals surface area contributed by atoms with Crippen LogP contribution in [0, 0.1) is 0 Å². The smallest absolute Gasteiger partial charge is 0.119 e. The lowest BCUT2D eigenvalue weighted by atomic mass is 10.0. The lowest BCUT2D eigenvalue weighted by Gasteiger charge is -2.08. The van der Waals surface area contributed by atoms with Gasteiger partial charge in [-0.05, 0) is 60.6 Å². The van der Waals surface area contributed by atoms with Crippen LogP contribution in [0.25, 0.3) is 6.08 Å². The van der Waals surface area contributed by atoms with Crippen molar-refractivity contribution in [1.82, 2.24) is 0 Å².